The Bertz CT molecular complexity index is 539. The molecule has 4 nitrogen and oxygen atoms in total. The summed E-state index contributed by atoms with van der Waals surface area (Å²) in [5.74, 6) is 3.02. The molecule has 88 valence electrons. The standard InChI is InChI=1S/C12H11ClN2O2/c13-4-3-12-14-6-9(15-12)8-1-2-10-11(5-8)17-7-16-10/h1-2,5-6H,3-4,7H2,(H,14,15). The lowest BCUT2D eigenvalue weighted by molar-refractivity contribution is 0.174. The fourth-order valence-corrected chi connectivity index (χ4v) is 1.97. The summed E-state index contributed by atoms with van der Waals surface area (Å²) in [6, 6.07) is 5.82. The number of aryl methyl sites for hydroxylation is 1. The third kappa shape index (κ3) is 1.96. The molecule has 1 N–H and O–H groups in total. The Morgan fingerprint density at radius 2 is 2.18 bits per heavy atom. The van der Waals surface area contributed by atoms with Crippen molar-refractivity contribution in [1.82, 2.24) is 9.97 Å². The summed E-state index contributed by atoms with van der Waals surface area (Å²) < 4.78 is 10.6. The van der Waals surface area contributed by atoms with Gasteiger partial charge in [0.25, 0.3) is 0 Å². The zero-order valence-corrected chi connectivity index (χ0v) is 9.83. The summed E-state index contributed by atoms with van der Waals surface area (Å²) in [5.41, 5.74) is 1.99. The largest absolute Gasteiger partial charge is 0.454 e. The van der Waals surface area contributed by atoms with E-state index in [-0.39, 0.29) is 0 Å². The number of hydrogen-bond donors (Lipinski definition) is 1. The molecule has 3 rings (SSSR count). The van der Waals surface area contributed by atoms with E-state index in [1.165, 1.54) is 0 Å². The average Bonchev–Trinajstić information content (AvgIpc) is 2.96. The van der Waals surface area contributed by atoms with Crippen LogP contribution in [0.3, 0.4) is 0 Å². The van der Waals surface area contributed by atoms with Crippen molar-refractivity contribution in [3.63, 3.8) is 0 Å². The Labute approximate surface area is 104 Å². The van der Waals surface area contributed by atoms with Crippen LogP contribution >= 0.6 is 11.6 Å². The van der Waals surface area contributed by atoms with Crippen LogP contribution in [0.2, 0.25) is 0 Å². The Balaban J connectivity index is 1.92. The highest BCUT2D eigenvalue weighted by molar-refractivity contribution is 6.17. The van der Waals surface area contributed by atoms with Gasteiger partial charge in [-0.1, -0.05) is 0 Å². The fourth-order valence-electron chi connectivity index (χ4n) is 1.79. The van der Waals surface area contributed by atoms with Gasteiger partial charge in [-0.25, -0.2) is 4.98 Å². The molecule has 0 fully saturated rings. The first-order valence-corrected chi connectivity index (χ1v) is 5.90. The van der Waals surface area contributed by atoms with Gasteiger partial charge in [-0.3, -0.25) is 0 Å². The number of aromatic nitrogens is 2. The highest BCUT2D eigenvalue weighted by Crippen LogP contribution is 2.35. The second-order valence-electron chi connectivity index (χ2n) is 3.75. The number of hydrogen-bond acceptors (Lipinski definition) is 3. The number of H-pyrrole nitrogens is 1. The molecule has 0 aliphatic carbocycles. The number of ether oxygens (including phenoxy) is 2. The van der Waals surface area contributed by atoms with Gasteiger partial charge < -0.3 is 14.5 Å². The van der Waals surface area contributed by atoms with Gasteiger partial charge in [0.15, 0.2) is 11.5 Å². The van der Waals surface area contributed by atoms with Gasteiger partial charge in [-0.05, 0) is 18.2 Å². The van der Waals surface area contributed by atoms with Crippen molar-refractivity contribution in [3.8, 4) is 22.8 Å². The predicted octanol–water partition coefficient (Wildman–Crippen LogP) is 2.59. The van der Waals surface area contributed by atoms with E-state index in [9.17, 15) is 0 Å². The van der Waals surface area contributed by atoms with Gasteiger partial charge in [-0.2, -0.15) is 0 Å². The number of aromatic amines is 1. The van der Waals surface area contributed by atoms with Crippen molar-refractivity contribution >= 4 is 11.6 Å². The van der Waals surface area contributed by atoms with Gasteiger partial charge in [0, 0.05) is 17.9 Å². The van der Waals surface area contributed by atoms with Crippen LogP contribution in [0.4, 0.5) is 0 Å². The van der Waals surface area contributed by atoms with Gasteiger partial charge in [0.2, 0.25) is 6.79 Å². The van der Waals surface area contributed by atoms with E-state index < -0.39 is 0 Å². The second kappa shape index (κ2) is 4.30. The maximum absolute atomic E-state index is 5.67. The van der Waals surface area contributed by atoms with Crippen molar-refractivity contribution in [1.29, 1.82) is 0 Å². The van der Waals surface area contributed by atoms with E-state index in [0.717, 1.165) is 35.0 Å². The first-order chi connectivity index (χ1) is 8.36. The molecule has 0 spiro atoms. The summed E-state index contributed by atoms with van der Waals surface area (Å²) in [5, 5.41) is 0. The molecule has 17 heavy (non-hydrogen) atoms. The summed E-state index contributed by atoms with van der Waals surface area (Å²) in [6.45, 7) is 0.291. The third-order valence-electron chi connectivity index (χ3n) is 2.64. The smallest absolute Gasteiger partial charge is 0.231 e. The Hall–Kier alpha value is -1.68. The van der Waals surface area contributed by atoms with Crippen molar-refractivity contribution in [2.24, 2.45) is 0 Å². The molecule has 1 aromatic carbocycles. The number of imidazole rings is 1. The third-order valence-corrected chi connectivity index (χ3v) is 2.83. The van der Waals surface area contributed by atoms with Crippen molar-refractivity contribution in [3.05, 3.63) is 30.2 Å². The van der Waals surface area contributed by atoms with Crippen LogP contribution in [-0.4, -0.2) is 22.6 Å². The van der Waals surface area contributed by atoms with E-state index in [1.54, 1.807) is 6.20 Å². The van der Waals surface area contributed by atoms with Gasteiger partial charge in [0.05, 0.1) is 11.9 Å². The Kier molecular flexibility index (Phi) is 2.65. The van der Waals surface area contributed by atoms with E-state index in [1.807, 2.05) is 18.2 Å². The lowest BCUT2D eigenvalue weighted by Crippen LogP contribution is -1.92. The van der Waals surface area contributed by atoms with Crippen LogP contribution in [-0.2, 0) is 6.42 Å². The summed E-state index contributed by atoms with van der Waals surface area (Å²) in [4.78, 5) is 7.49. The maximum atomic E-state index is 5.67. The SMILES string of the molecule is ClCCc1ncc(-c2ccc3c(c2)OCO3)[nH]1. The number of alkyl halides is 1. The molecule has 0 bridgehead atoms. The van der Waals surface area contributed by atoms with E-state index in [2.05, 4.69) is 9.97 Å². The summed E-state index contributed by atoms with van der Waals surface area (Å²) >= 11 is 5.67. The van der Waals surface area contributed by atoms with Crippen molar-refractivity contribution < 1.29 is 9.47 Å². The fraction of sp³-hybridized carbons (Fsp3) is 0.250. The molecule has 2 aromatic rings. The predicted molar refractivity (Wildman–Crippen MR) is 64.6 cm³/mol. The van der Waals surface area contributed by atoms with Crippen LogP contribution in [0.25, 0.3) is 11.3 Å². The van der Waals surface area contributed by atoms with Crippen molar-refractivity contribution in [2.45, 2.75) is 6.42 Å². The number of fused-ring (bicyclic) bond motifs is 1. The minimum Gasteiger partial charge on any atom is -0.454 e. The molecule has 1 aliphatic rings. The topological polar surface area (TPSA) is 47.1 Å². The highest BCUT2D eigenvalue weighted by atomic mass is 35.5. The monoisotopic (exact) mass is 250 g/mol. The molecule has 0 atom stereocenters. The second-order valence-corrected chi connectivity index (χ2v) is 4.13. The normalized spacial score (nSPS) is 13.0. The molecular formula is C12H11ClN2O2. The molecule has 1 aromatic heterocycles. The minimum atomic E-state index is 0.291. The Morgan fingerprint density at radius 3 is 3.06 bits per heavy atom. The number of nitrogens with one attached hydrogen (secondary N) is 1. The summed E-state index contributed by atoms with van der Waals surface area (Å²) in [7, 11) is 0. The molecule has 0 amide bonds. The van der Waals surface area contributed by atoms with Gasteiger partial charge in [-0.15, -0.1) is 11.6 Å². The highest BCUT2D eigenvalue weighted by Gasteiger charge is 2.14. The van der Waals surface area contributed by atoms with Crippen LogP contribution in [0.5, 0.6) is 11.5 Å². The van der Waals surface area contributed by atoms with Gasteiger partial charge in [0.1, 0.15) is 5.82 Å². The van der Waals surface area contributed by atoms with E-state index >= 15 is 0 Å². The van der Waals surface area contributed by atoms with E-state index in [4.69, 9.17) is 21.1 Å². The van der Waals surface area contributed by atoms with Crippen LogP contribution in [0.1, 0.15) is 5.82 Å². The zero-order chi connectivity index (χ0) is 11.7. The molecular weight excluding hydrogens is 240 g/mol. The van der Waals surface area contributed by atoms with Crippen LogP contribution < -0.4 is 9.47 Å². The number of nitrogens with zero attached hydrogens (tertiary/aromatic N) is 1. The molecule has 0 saturated carbocycles. The number of rotatable bonds is 3. The Morgan fingerprint density at radius 1 is 1.29 bits per heavy atom. The first kappa shape index (κ1) is 10.5. The minimum absolute atomic E-state index is 0.291. The summed E-state index contributed by atoms with van der Waals surface area (Å²) in [6.07, 6.45) is 2.55. The van der Waals surface area contributed by atoms with Crippen LogP contribution in [0.15, 0.2) is 24.4 Å². The average molecular weight is 251 g/mol. The number of benzene rings is 1. The molecule has 0 saturated heterocycles. The molecule has 2 heterocycles. The molecule has 5 heteroatoms. The zero-order valence-electron chi connectivity index (χ0n) is 9.07. The quantitative estimate of drug-likeness (QED) is 0.852. The van der Waals surface area contributed by atoms with Crippen LogP contribution in [0, 0.1) is 0 Å². The lowest BCUT2D eigenvalue weighted by Gasteiger charge is -2.00. The maximum Gasteiger partial charge on any atom is 0.231 e. The van der Waals surface area contributed by atoms with Crippen molar-refractivity contribution in [2.75, 3.05) is 12.7 Å². The first-order valence-electron chi connectivity index (χ1n) is 5.36. The molecule has 0 radical (unpaired) electrons. The molecule has 0 unspecified atom stereocenters. The van der Waals surface area contributed by atoms with Gasteiger partial charge >= 0.3 is 0 Å². The lowest BCUT2D eigenvalue weighted by atomic mass is 10.1. The molecule has 1 aliphatic heterocycles. The number of halogens is 1. The van der Waals surface area contributed by atoms with E-state index in [0.29, 0.717) is 12.7 Å².